The van der Waals surface area contributed by atoms with Crippen LogP contribution in [0.25, 0.3) is 0 Å². The number of benzene rings is 2. The average Bonchev–Trinajstić information content (AvgIpc) is 3.09. The van der Waals surface area contributed by atoms with Gasteiger partial charge in [0.05, 0.1) is 28.2 Å². The Labute approximate surface area is 299 Å². The Kier molecular flexibility index (Phi) is 23.1. The molecule has 0 saturated heterocycles. The third-order valence-corrected chi connectivity index (χ3v) is 10.6. The van der Waals surface area contributed by atoms with Crippen LogP contribution in [0.3, 0.4) is 0 Å². The Hall–Kier alpha value is -1.72. The van der Waals surface area contributed by atoms with Gasteiger partial charge in [0.2, 0.25) is 0 Å². The standard InChI is InChI=1S/C44H80N4/c1-7-9-11-13-15-17-19-21-23-25-35-45-39-41-27-31-43(32-28-41)47(3,4)37-38-48(5,6)44-33-29-42(30-34-44)40-46-36-26-24-22-20-18-16-14-12-10-8-2/h27-34,45-46H,7-26,35-40H2,1-6H3/q+2. The summed E-state index contributed by atoms with van der Waals surface area (Å²) >= 11 is 0. The molecule has 2 aromatic rings. The van der Waals surface area contributed by atoms with Gasteiger partial charge in [0.25, 0.3) is 0 Å². The fourth-order valence-corrected chi connectivity index (χ4v) is 6.73. The maximum atomic E-state index is 3.67. The van der Waals surface area contributed by atoms with E-state index < -0.39 is 0 Å². The molecule has 0 fully saturated rings. The molecule has 0 unspecified atom stereocenters. The van der Waals surface area contributed by atoms with Gasteiger partial charge in [-0.25, -0.2) is 0 Å². The predicted molar refractivity (Wildman–Crippen MR) is 217 cm³/mol. The van der Waals surface area contributed by atoms with Crippen molar-refractivity contribution >= 4 is 11.4 Å². The largest absolute Gasteiger partial charge is 0.313 e. The van der Waals surface area contributed by atoms with Crippen LogP contribution in [0.2, 0.25) is 0 Å². The molecule has 0 aliphatic heterocycles. The zero-order valence-corrected chi connectivity index (χ0v) is 32.9. The van der Waals surface area contributed by atoms with Crippen LogP contribution in [0, 0.1) is 0 Å². The summed E-state index contributed by atoms with van der Waals surface area (Å²) in [4.78, 5) is 0. The monoisotopic (exact) mass is 665 g/mol. The Morgan fingerprint density at radius 1 is 0.375 bits per heavy atom. The van der Waals surface area contributed by atoms with Gasteiger partial charge in [-0.3, -0.25) is 8.97 Å². The lowest BCUT2D eigenvalue weighted by Gasteiger charge is -2.35. The molecular weight excluding hydrogens is 585 g/mol. The summed E-state index contributed by atoms with van der Waals surface area (Å²) in [6.45, 7) is 11.0. The molecule has 4 nitrogen and oxygen atoms in total. The Morgan fingerprint density at radius 3 is 0.938 bits per heavy atom. The molecular formula is C44H80N4+2. The lowest BCUT2D eigenvalue weighted by atomic mass is 10.1. The normalized spacial score (nSPS) is 12.2. The number of nitrogens with zero attached hydrogens (tertiary/aromatic N) is 2. The van der Waals surface area contributed by atoms with E-state index in [1.165, 1.54) is 151 Å². The summed E-state index contributed by atoms with van der Waals surface area (Å²) in [5.74, 6) is 0. The summed E-state index contributed by atoms with van der Waals surface area (Å²) in [5, 5.41) is 7.34. The van der Waals surface area contributed by atoms with Crippen molar-refractivity contribution < 1.29 is 0 Å². The van der Waals surface area contributed by atoms with E-state index >= 15 is 0 Å². The highest BCUT2D eigenvalue weighted by molar-refractivity contribution is 5.45. The lowest BCUT2D eigenvalue weighted by molar-refractivity contribution is 0.315. The maximum absolute atomic E-state index is 3.67. The third-order valence-electron chi connectivity index (χ3n) is 10.6. The van der Waals surface area contributed by atoms with Crippen molar-refractivity contribution in [1.82, 2.24) is 19.6 Å². The number of quaternary nitrogens is 2. The van der Waals surface area contributed by atoms with Gasteiger partial charge in [-0.2, -0.15) is 0 Å². The van der Waals surface area contributed by atoms with E-state index in [4.69, 9.17) is 0 Å². The molecule has 0 amide bonds. The molecule has 4 heteroatoms. The van der Waals surface area contributed by atoms with Crippen molar-refractivity contribution in [3.05, 3.63) is 59.7 Å². The fraction of sp³-hybridized carbons (Fsp3) is 0.727. The van der Waals surface area contributed by atoms with E-state index in [0.717, 1.165) is 48.2 Å². The van der Waals surface area contributed by atoms with Gasteiger partial charge < -0.3 is 10.6 Å². The number of hydrogen-bond acceptors (Lipinski definition) is 2. The zero-order chi connectivity index (χ0) is 34.8. The van der Waals surface area contributed by atoms with E-state index in [1.54, 1.807) is 0 Å². The van der Waals surface area contributed by atoms with Gasteiger partial charge in [-0.05, 0) is 61.3 Å². The summed E-state index contributed by atoms with van der Waals surface area (Å²) in [6.07, 6.45) is 27.9. The first-order valence-corrected chi connectivity index (χ1v) is 20.5. The molecule has 48 heavy (non-hydrogen) atoms. The van der Waals surface area contributed by atoms with Crippen LogP contribution in [-0.2, 0) is 13.1 Å². The molecule has 0 heterocycles. The molecule has 2 N–H and O–H groups in total. The van der Waals surface area contributed by atoms with E-state index in [1.807, 2.05) is 0 Å². The summed E-state index contributed by atoms with van der Waals surface area (Å²) < 4.78 is 1.80. The topological polar surface area (TPSA) is 24.1 Å². The predicted octanol–water partition coefficient (Wildman–Crippen LogP) is 11.5. The zero-order valence-electron chi connectivity index (χ0n) is 32.9. The molecule has 0 bridgehead atoms. The quantitative estimate of drug-likeness (QED) is 0.0619. The van der Waals surface area contributed by atoms with Crippen LogP contribution in [-0.4, -0.2) is 54.4 Å². The van der Waals surface area contributed by atoms with Gasteiger partial charge in [0, 0.05) is 13.1 Å². The van der Waals surface area contributed by atoms with Gasteiger partial charge >= 0.3 is 0 Å². The SMILES string of the molecule is CCCCCCCCCCCCNCc1ccc([N+](C)(C)CC[N+](C)(C)c2ccc(CNCCCCCCCCCCCC)cc2)cc1. The number of unbranched alkanes of at least 4 members (excludes halogenated alkanes) is 18. The molecule has 0 radical (unpaired) electrons. The first-order chi connectivity index (χ1) is 23.3. The number of rotatable bonds is 31. The molecule has 0 aliphatic rings. The molecule has 2 rings (SSSR count). The highest BCUT2D eigenvalue weighted by Gasteiger charge is 2.26. The minimum Gasteiger partial charge on any atom is -0.313 e. The second kappa shape index (κ2) is 26.1. The van der Waals surface area contributed by atoms with E-state index in [2.05, 4.69) is 101 Å². The summed E-state index contributed by atoms with van der Waals surface area (Å²) in [6, 6.07) is 18.7. The van der Waals surface area contributed by atoms with E-state index in [0.29, 0.717) is 0 Å². The molecule has 0 aromatic heterocycles. The Morgan fingerprint density at radius 2 is 0.646 bits per heavy atom. The summed E-state index contributed by atoms with van der Waals surface area (Å²) in [7, 11) is 9.40. The van der Waals surface area contributed by atoms with Crippen molar-refractivity contribution in [1.29, 1.82) is 0 Å². The highest BCUT2D eigenvalue weighted by atomic mass is 15.4. The molecule has 274 valence electrons. The molecule has 0 saturated carbocycles. The third kappa shape index (κ3) is 19.5. The van der Waals surface area contributed by atoms with Crippen LogP contribution < -0.4 is 19.6 Å². The minimum absolute atomic E-state index is 0.898. The highest BCUT2D eigenvalue weighted by Crippen LogP contribution is 2.24. The van der Waals surface area contributed by atoms with Gasteiger partial charge in [0.1, 0.15) is 24.5 Å². The summed E-state index contributed by atoms with van der Waals surface area (Å²) in [5.41, 5.74) is 5.55. The maximum Gasteiger partial charge on any atom is 0.133 e. The first-order valence-electron chi connectivity index (χ1n) is 20.5. The molecule has 0 atom stereocenters. The van der Waals surface area contributed by atoms with Crippen molar-refractivity contribution in [2.24, 2.45) is 0 Å². The van der Waals surface area contributed by atoms with Crippen molar-refractivity contribution in [2.45, 2.75) is 155 Å². The van der Waals surface area contributed by atoms with Crippen molar-refractivity contribution in [2.75, 3.05) is 54.4 Å². The van der Waals surface area contributed by atoms with Crippen molar-refractivity contribution in [3.63, 3.8) is 0 Å². The molecule has 2 aromatic carbocycles. The van der Waals surface area contributed by atoms with Crippen LogP contribution in [0.5, 0.6) is 0 Å². The minimum atomic E-state index is 0.898. The van der Waals surface area contributed by atoms with Gasteiger partial charge in [0.15, 0.2) is 0 Å². The Balaban J connectivity index is 1.60. The number of hydrogen-bond donors (Lipinski definition) is 2. The molecule has 0 aliphatic carbocycles. The smallest absolute Gasteiger partial charge is 0.133 e. The van der Waals surface area contributed by atoms with Gasteiger partial charge in [-0.15, -0.1) is 0 Å². The fourth-order valence-electron chi connectivity index (χ4n) is 6.73. The van der Waals surface area contributed by atoms with Crippen LogP contribution >= 0.6 is 0 Å². The van der Waals surface area contributed by atoms with Crippen LogP contribution in [0.4, 0.5) is 11.4 Å². The van der Waals surface area contributed by atoms with Crippen LogP contribution in [0.1, 0.15) is 153 Å². The first kappa shape index (κ1) is 42.4. The second-order valence-corrected chi connectivity index (χ2v) is 15.9. The van der Waals surface area contributed by atoms with E-state index in [9.17, 15) is 0 Å². The average molecular weight is 665 g/mol. The lowest BCUT2D eigenvalue weighted by Crippen LogP contribution is -2.52. The number of likely N-dealkylation sites (N-methyl/N-ethyl adjacent to an activating group) is 2. The van der Waals surface area contributed by atoms with Crippen molar-refractivity contribution in [3.8, 4) is 0 Å². The number of nitrogens with one attached hydrogen (secondary N) is 2. The van der Waals surface area contributed by atoms with Gasteiger partial charge in [-0.1, -0.05) is 154 Å². The second-order valence-electron chi connectivity index (χ2n) is 15.9. The van der Waals surface area contributed by atoms with E-state index in [-0.39, 0.29) is 0 Å². The van der Waals surface area contributed by atoms with Crippen LogP contribution in [0.15, 0.2) is 48.5 Å². The Bertz CT molecular complexity index is 928. The molecule has 0 spiro atoms.